The number of ether oxygens (including phenoxy) is 1. The number of nitrogens with one attached hydrogen (secondary N) is 5. The fourth-order valence-corrected chi connectivity index (χ4v) is 18.6. The molecule has 0 aromatic rings. The Morgan fingerprint density at radius 1 is 0.892 bits per heavy atom. The zero-order chi connectivity index (χ0) is 26.5. The van der Waals surface area contributed by atoms with Crippen molar-refractivity contribution in [2.24, 2.45) is 36.7 Å². The van der Waals surface area contributed by atoms with Crippen LogP contribution >= 0.6 is 22.6 Å². The van der Waals surface area contributed by atoms with E-state index in [1.54, 1.807) is 11.1 Å². The number of rotatable bonds is 8. The van der Waals surface area contributed by atoms with Crippen molar-refractivity contribution in [1.82, 2.24) is 25.4 Å². The molecule has 37 heavy (non-hydrogen) atoms. The maximum Gasteiger partial charge on any atom is 0.279 e. The van der Waals surface area contributed by atoms with E-state index in [0.29, 0.717) is 5.92 Å². The Morgan fingerprint density at radius 2 is 1.59 bits per heavy atom. The molecule has 2 saturated carbocycles. The maximum absolute atomic E-state index is 7.16. The van der Waals surface area contributed by atoms with E-state index in [2.05, 4.69) is 38.4 Å². The van der Waals surface area contributed by atoms with Gasteiger partial charge in [-0.1, -0.05) is 18.1 Å². The molecule has 5 rings (SSSR count). The van der Waals surface area contributed by atoms with Crippen LogP contribution in [0.4, 0.5) is 0 Å². The van der Waals surface area contributed by atoms with Gasteiger partial charge in [0.05, 0.1) is 19.0 Å². The number of allylic oxidation sites excluding steroid dienone is 3. The van der Waals surface area contributed by atoms with E-state index in [1.807, 2.05) is 42.3 Å². The first kappa shape index (κ1) is 28.3. The summed E-state index contributed by atoms with van der Waals surface area (Å²) in [6, 6.07) is 0. The third-order valence-electron chi connectivity index (χ3n) is 9.80. The van der Waals surface area contributed by atoms with Crippen molar-refractivity contribution in [2.75, 3.05) is 42.3 Å². The van der Waals surface area contributed by atoms with Crippen LogP contribution in [-0.4, -0.2) is 48.5 Å². The van der Waals surface area contributed by atoms with E-state index in [4.69, 9.17) is 22.8 Å². The highest BCUT2D eigenvalue weighted by Crippen LogP contribution is 2.74. The smallest absolute Gasteiger partial charge is 0.279 e. The van der Waals surface area contributed by atoms with Gasteiger partial charge < -0.3 is 9.26 Å². The van der Waals surface area contributed by atoms with E-state index in [-0.39, 0.29) is 11.5 Å². The topological polar surface area (TPSA) is 116 Å². The van der Waals surface area contributed by atoms with Gasteiger partial charge in [0.25, 0.3) is 7.58 Å². The van der Waals surface area contributed by atoms with Gasteiger partial charge in [0.2, 0.25) is 15.0 Å². The van der Waals surface area contributed by atoms with Gasteiger partial charge >= 0.3 is 0 Å². The molecule has 0 spiro atoms. The largest absolute Gasteiger partial charge is 0.501 e. The molecular weight excluding hydrogens is 525 g/mol. The first-order valence-corrected chi connectivity index (χ1v) is 18.7. The lowest BCUT2D eigenvalue weighted by Crippen LogP contribution is -2.45. The molecule has 4 aliphatic carbocycles. The van der Waals surface area contributed by atoms with Gasteiger partial charge in [-0.25, -0.2) is 5.09 Å². The van der Waals surface area contributed by atoms with Crippen molar-refractivity contribution in [3.8, 4) is 0 Å². The molecule has 13 heteroatoms. The second-order valence-electron chi connectivity index (χ2n) is 11.1. The van der Waals surface area contributed by atoms with Gasteiger partial charge in [-0.15, -0.1) is 0 Å². The molecule has 10 nitrogen and oxygen atoms in total. The molecule has 0 amide bonds. The molecule has 6 atom stereocenters. The van der Waals surface area contributed by atoms with Crippen LogP contribution in [-0.2, 0) is 9.26 Å². The highest BCUT2D eigenvalue weighted by Gasteiger charge is 2.57. The van der Waals surface area contributed by atoms with Gasteiger partial charge in [-0.3, -0.25) is 20.3 Å². The summed E-state index contributed by atoms with van der Waals surface area (Å²) in [5.74, 6) is 3.32. The minimum atomic E-state index is -2.68. The van der Waals surface area contributed by atoms with Gasteiger partial charge in [-0.05, 0) is 109 Å². The second-order valence-corrected chi connectivity index (χ2v) is 19.2. The third kappa shape index (κ3) is 4.73. The lowest BCUT2D eigenvalue weighted by molar-refractivity contribution is -0.0177. The molecular formula is C24H47N8O2P3. The van der Waals surface area contributed by atoms with Gasteiger partial charge in [0.15, 0.2) is 0 Å². The highest BCUT2D eigenvalue weighted by molar-refractivity contribution is 7.82. The zero-order valence-corrected chi connectivity index (χ0v) is 26.2. The molecule has 1 aliphatic heterocycles. The summed E-state index contributed by atoms with van der Waals surface area (Å²) in [5.41, 5.74) is 3.54. The second kappa shape index (κ2) is 10.6. The summed E-state index contributed by atoms with van der Waals surface area (Å²) >= 11 is 0. The van der Waals surface area contributed by atoms with Crippen molar-refractivity contribution in [2.45, 2.75) is 64.4 Å². The maximum atomic E-state index is 7.16. The van der Waals surface area contributed by atoms with E-state index < -0.39 is 22.6 Å². The predicted octanol–water partition coefficient (Wildman–Crippen LogP) is 6.18. The number of hydrogen-bond acceptors (Lipinski definition) is 10. The molecule has 210 valence electrons. The Labute approximate surface area is 223 Å². The number of nitrogens with zero attached hydrogens (tertiary/aromatic N) is 3. The molecule has 0 radical (unpaired) electrons. The first-order chi connectivity index (χ1) is 17.7. The van der Waals surface area contributed by atoms with Crippen LogP contribution in [0.15, 0.2) is 36.5 Å². The fraction of sp³-hybridized carbons (Fsp3) is 0.833. The molecule has 0 aromatic carbocycles. The summed E-state index contributed by atoms with van der Waals surface area (Å²) in [5, 5.41) is 17.0. The lowest BCUT2D eigenvalue weighted by atomic mass is 9.54. The van der Waals surface area contributed by atoms with E-state index in [0.717, 1.165) is 36.9 Å². The monoisotopic (exact) mass is 572 g/mol. The van der Waals surface area contributed by atoms with Crippen molar-refractivity contribution < 1.29 is 9.26 Å². The van der Waals surface area contributed by atoms with Crippen LogP contribution in [0, 0.1) is 23.2 Å². The van der Waals surface area contributed by atoms with Crippen LogP contribution in [0.3, 0.4) is 0 Å². The summed E-state index contributed by atoms with van der Waals surface area (Å²) in [6.45, 7) is 2.50. The summed E-state index contributed by atoms with van der Waals surface area (Å²) < 4.78 is 28.3. The Kier molecular flexibility index (Phi) is 8.11. The quantitative estimate of drug-likeness (QED) is 0.174. The Hall–Kier alpha value is -0.270. The van der Waals surface area contributed by atoms with Crippen LogP contribution in [0.2, 0.25) is 0 Å². The molecule has 1 heterocycles. The minimum absolute atomic E-state index is 0.137. The third-order valence-corrected chi connectivity index (χ3v) is 19.5. The Bertz CT molecular complexity index is 1120. The van der Waals surface area contributed by atoms with E-state index in [9.17, 15) is 0 Å². The molecule has 1 unspecified atom stereocenters. The zero-order valence-electron chi connectivity index (χ0n) is 23.5. The van der Waals surface area contributed by atoms with Crippen molar-refractivity contribution in [3.05, 3.63) is 23.0 Å². The number of methoxy groups -OCH3 is 1. The Balaban J connectivity index is 1.44. The summed E-state index contributed by atoms with van der Waals surface area (Å²) in [6.07, 6.45) is 11.9. The molecule has 5 aliphatic rings. The molecule has 0 bridgehead atoms. The van der Waals surface area contributed by atoms with Gasteiger partial charge in [0.1, 0.15) is 0 Å². The highest BCUT2D eigenvalue weighted by atomic mass is 31.3. The molecule has 0 saturated heterocycles. The fourth-order valence-electron chi connectivity index (χ4n) is 7.71. The van der Waals surface area contributed by atoms with Crippen molar-refractivity contribution >= 4 is 22.6 Å². The minimum Gasteiger partial charge on any atom is -0.501 e. The van der Waals surface area contributed by atoms with Gasteiger partial charge in [-0.2, -0.15) is 13.5 Å². The lowest BCUT2D eigenvalue weighted by Gasteiger charge is -2.52. The van der Waals surface area contributed by atoms with Gasteiger partial charge in [0, 0.05) is 6.42 Å². The average Bonchev–Trinajstić information content (AvgIpc) is 3.27. The summed E-state index contributed by atoms with van der Waals surface area (Å²) in [7, 11) is 3.98. The van der Waals surface area contributed by atoms with Crippen LogP contribution in [0.1, 0.15) is 58.3 Å². The summed E-state index contributed by atoms with van der Waals surface area (Å²) in [4.78, 5) is 0. The standard InChI is InChI=1S/C24H47N8O2P3/c1-24-15-14-20-19-11-9-18(33-7)16-17(19)8-10-21(20)22(24)12-13-23(24)34-37(29-6)31-35(25-2,26-3)30-36(27-4,28-5)32-37/h9,20-23,25-29H,8,10-16H2,1-7H3/t20-,21-,22+,23+,24+/m1/s1. The Morgan fingerprint density at radius 3 is 2.24 bits per heavy atom. The average molecular weight is 573 g/mol. The van der Waals surface area contributed by atoms with Crippen LogP contribution < -0.4 is 25.4 Å². The number of fused-ring (bicyclic) bond motifs is 4. The SMILES string of the molecule is CNP1(NC)=NP(NC)(NC)=NP(NC)(O[C@H]2CC[C@H]3[C@@H]4CCC5=C(CC=C(OC)C5)[C@H]4CC[C@]23C)=N1. The predicted molar refractivity (Wildman–Crippen MR) is 156 cm³/mol. The van der Waals surface area contributed by atoms with Crippen LogP contribution in [0.5, 0.6) is 0 Å². The molecule has 0 aromatic heterocycles. The number of hydrogen-bond donors (Lipinski definition) is 5. The molecule has 5 N–H and O–H groups in total. The van der Waals surface area contributed by atoms with Crippen LogP contribution in [0.25, 0.3) is 0 Å². The molecule has 2 fully saturated rings. The normalized spacial score (nSPS) is 39.8. The van der Waals surface area contributed by atoms with Crippen molar-refractivity contribution in [3.63, 3.8) is 0 Å². The van der Waals surface area contributed by atoms with Crippen molar-refractivity contribution in [1.29, 1.82) is 0 Å². The van der Waals surface area contributed by atoms with E-state index >= 15 is 0 Å². The van der Waals surface area contributed by atoms with E-state index in [1.165, 1.54) is 32.1 Å². The first-order valence-electron chi connectivity index (χ1n) is 13.7.